The molecule has 2 aromatic carbocycles. The van der Waals surface area contributed by atoms with Crippen LogP contribution in [0.5, 0.6) is 0 Å². The van der Waals surface area contributed by atoms with Crippen LogP contribution < -0.4 is 0 Å². The van der Waals surface area contributed by atoms with Gasteiger partial charge in [-0.05, 0) is 23.8 Å². The Morgan fingerprint density at radius 2 is 1.90 bits per heavy atom. The lowest BCUT2D eigenvalue weighted by molar-refractivity contribution is -0.134. The zero-order valence-corrected chi connectivity index (χ0v) is 11.4. The van der Waals surface area contributed by atoms with E-state index < -0.39 is 6.04 Å². The number of ether oxygens (including phenoxy) is 1. The van der Waals surface area contributed by atoms with Gasteiger partial charge in [0.1, 0.15) is 0 Å². The van der Waals surface area contributed by atoms with Gasteiger partial charge in [-0.25, -0.2) is 9.79 Å². The number of rotatable bonds is 3. The van der Waals surface area contributed by atoms with E-state index in [9.17, 15) is 4.79 Å². The molecule has 0 aromatic heterocycles. The first-order valence-corrected chi connectivity index (χ1v) is 6.69. The second-order valence-electron chi connectivity index (χ2n) is 4.57. The molecule has 0 saturated carbocycles. The number of carbonyl (C=O) groups excluding carboxylic acids is 1. The average Bonchev–Trinajstić information content (AvgIpc) is 2.81. The Kier molecular flexibility index (Phi) is 3.52. The molecule has 0 spiro atoms. The van der Waals surface area contributed by atoms with Crippen molar-refractivity contribution in [3.8, 4) is 0 Å². The molecule has 1 unspecified atom stereocenters. The molecule has 1 atom stereocenters. The summed E-state index contributed by atoms with van der Waals surface area (Å²) < 4.78 is 5.24. The second kappa shape index (κ2) is 5.47. The van der Waals surface area contributed by atoms with Crippen molar-refractivity contribution in [2.45, 2.75) is 12.5 Å². The van der Waals surface area contributed by atoms with Gasteiger partial charge in [-0.1, -0.05) is 48.0 Å². The predicted molar refractivity (Wildman–Crippen MR) is 78.0 cm³/mol. The van der Waals surface area contributed by atoms with E-state index >= 15 is 0 Å². The van der Waals surface area contributed by atoms with Gasteiger partial charge in [-0.2, -0.15) is 0 Å². The van der Waals surface area contributed by atoms with Gasteiger partial charge in [0.25, 0.3) is 0 Å². The highest BCUT2D eigenvalue weighted by Crippen LogP contribution is 2.19. The first-order chi connectivity index (χ1) is 9.72. The highest BCUT2D eigenvalue weighted by Gasteiger charge is 2.29. The van der Waals surface area contributed by atoms with Gasteiger partial charge in [0.05, 0.1) is 0 Å². The molecule has 1 aliphatic rings. The number of halogens is 1. The number of hydrogen-bond donors (Lipinski definition) is 0. The van der Waals surface area contributed by atoms with E-state index in [2.05, 4.69) is 4.99 Å². The summed E-state index contributed by atoms with van der Waals surface area (Å²) in [4.78, 5) is 16.2. The lowest BCUT2D eigenvalue weighted by Crippen LogP contribution is -2.17. The number of carbonyl (C=O) groups is 1. The van der Waals surface area contributed by atoms with E-state index in [1.807, 2.05) is 36.4 Å². The maximum Gasteiger partial charge on any atom is 0.338 e. The second-order valence-corrected chi connectivity index (χ2v) is 5.01. The summed E-state index contributed by atoms with van der Waals surface area (Å²) >= 11 is 5.93. The number of hydrogen-bond acceptors (Lipinski definition) is 3. The molecule has 0 N–H and O–H groups in total. The van der Waals surface area contributed by atoms with Crippen LogP contribution in [0.3, 0.4) is 0 Å². The van der Waals surface area contributed by atoms with Gasteiger partial charge in [0.2, 0.25) is 5.90 Å². The summed E-state index contributed by atoms with van der Waals surface area (Å²) in [5, 5.41) is 0.591. The minimum absolute atomic E-state index is 0.316. The maximum absolute atomic E-state index is 11.9. The normalized spacial score (nSPS) is 17.8. The van der Waals surface area contributed by atoms with Crippen molar-refractivity contribution in [1.29, 1.82) is 0 Å². The Morgan fingerprint density at radius 3 is 2.65 bits per heavy atom. The average molecular weight is 286 g/mol. The van der Waals surface area contributed by atoms with Crippen LogP contribution in [-0.2, 0) is 16.0 Å². The summed E-state index contributed by atoms with van der Waals surface area (Å²) in [6, 6.07) is 16.4. The largest absolute Gasteiger partial charge is 0.406 e. The van der Waals surface area contributed by atoms with E-state index in [4.69, 9.17) is 16.3 Å². The summed E-state index contributed by atoms with van der Waals surface area (Å²) in [7, 11) is 0. The lowest BCUT2D eigenvalue weighted by Gasteiger charge is -2.02. The molecule has 2 aromatic rings. The molecule has 0 saturated heterocycles. The van der Waals surface area contributed by atoms with E-state index in [1.165, 1.54) is 0 Å². The van der Waals surface area contributed by atoms with Gasteiger partial charge in [0.15, 0.2) is 6.04 Å². The SMILES string of the molecule is O=C1OC(c2cccc(Cl)c2)=NC1Cc1ccccc1. The number of cyclic esters (lactones) is 1. The monoisotopic (exact) mass is 285 g/mol. The molecular formula is C16H12ClNO2. The zero-order valence-electron chi connectivity index (χ0n) is 10.6. The lowest BCUT2D eigenvalue weighted by atomic mass is 10.1. The first-order valence-electron chi connectivity index (χ1n) is 6.32. The molecule has 1 heterocycles. The van der Waals surface area contributed by atoms with Crippen molar-refractivity contribution in [3.63, 3.8) is 0 Å². The third-order valence-electron chi connectivity index (χ3n) is 3.09. The Balaban J connectivity index is 1.82. The highest BCUT2D eigenvalue weighted by atomic mass is 35.5. The van der Waals surface area contributed by atoms with E-state index in [1.54, 1.807) is 18.2 Å². The van der Waals surface area contributed by atoms with E-state index in [0.29, 0.717) is 17.3 Å². The summed E-state index contributed by atoms with van der Waals surface area (Å²) in [5.41, 5.74) is 1.78. The van der Waals surface area contributed by atoms with E-state index in [-0.39, 0.29) is 5.97 Å². The summed E-state index contributed by atoms with van der Waals surface area (Å²) in [5.74, 6) is 0.0299. The fourth-order valence-corrected chi connectivity index (χ4v) is 2.30. The quantitative estimate of drug-likeness (QED) is 0.812. The van der Waals surface area contributed by atoms with Gasteiger partial charge in [0, 0.05) is 17.0 Å². The molecule has 20 heavy (non-hydrogen) atoms. The smallest absolute Gasteiger partial charge is 0.338 e. The molecule has 4 heteroatoms. The van der Waals surface area contributed by atoms with Crippen LogP contribution in [0.2, 0.25) is 5.02 Å². The Hall–Kier alpha value is -2.13. The predicted octanol–water partition coefficient (Wildman–Crippen LogP) is 3.25. The number of esters is 1. The summed E-state index contributed by atoms with van der Waals surface area (Å²) in [6.45, 7) is 0. The van der Waals surface area contributed by atoms with Crippen molar-refractivity contribution >= 4 is 23.5 Å². The van der Waals surface area contributed by atoms with Crippen LogP contribution in [-0.4, -0.2) is 17.9 Å². The Morgan fingerprint density at radius 1 is 1.10 bits per heavy atom. The minimum atomic E-state index is -0.480. The van der Waals surface area contributed by atoms with Gasteiger partial charge in [-0.15, -0.1) is 0 Å². The van der Waals surface area contributed by atoms with Gasteiger partial charge >= 0.3 is 5.97 Å². The maximum atomic E-state index is 11.9. The Labute approximate surface area is 121 Å². The van der Waals surface area contributed by atoms with Crippen LogP contribution in [0.25, 0.3) is 0 Å². The van der Waals surface area contributed by atoms with Crippen molar-refractivity contribution in [1.82, 2.24) is 0 Å². The molecule has 0 radical (unpaired) electrons. The van der Waals surface area contributed by atoms with Gasteiger partial charge in [-0.3, -0.25) is 0 Å². The van der Waals surface area contributed by atoms with Crippen molar-refractivity contribution in [2.75, 3.05) is 0 Å². The molecule has 0 amide bonds. The van der Waals surface area contributed by atoms with Crippen LogP contribution in [0, 0.1) is 0 Å². The third kappa shape index (κ3) is 2.73. The van der Waals surface area contributed by atoms with Gasteiger partial charge < -0.3 is 4.74 Å². The van der Waals surface area contributed by atoms with E-state index in [0.717, 1.165) is 11.1 Å². The molecule has 100 valence electrons. The highest BCUT2D eigenvalue weighted by molar-refractivity contribution is 6.31. The molecule has 3 rings (SSSR count). The standard InChI is InChI=1S/C16H12ClNO2/c17-13-8-4-7-12(10-13)15-18-14(16(19)20-15)9-11-5-2-1-3-6-11/h1-8,10,14H,9H2. The zero-order chi connectivity index (χ0) is 13.9. The van der Waals surface area contributed by atoms with Crippen LogP contribution in [0.4, 0.5) is 0 Å². The van der Waals surface area contributed by atoms with Crippen molar-refractivity contribution in [2.24, 2.45) is 4.99 Å². The molecule has 0 aliphatic carbocycles. The van der Waals surface area contributed by atoms with Crippen LogP contribution >= 0.6 is 11.6 Å². The molecule has 0 bridgehead atoms. The number of nitrogens with zero attached hydrogens (tertiary/aromatic N) is 1. The first kappa shape index (κ1) is 12.9. The van der Waals surface area contributed by atoms with Crippen LogP contribution in [0.1, 0.15) is 11.1 Å². The third-order valence-corrected chi connectivity index (χ3v) is 3.32. The fraction of sp³-hybridized carbons (Fsp3) is 0.125. The topological polar surface area (TPSA) is 38.7 Å². The molecular weight excluding hydrogens is 274 g/mol. The van der Waals surface area contributed by atoms with Crippen molar-refractivity contribution in [3.05, 3.63) is 70.7 Å². The minimum Gasteiger partial charge on any atom is -0.406 e. The molecule has 0 fully saturated rings. The number of benzene rings is 2. The molecule has 3 nitrogen and oxygen atoms in total. The Bertz CT molecular complexity index is 667. The van der Waals surface area contributed by atoms with Crippen LogP contribution in [0.15, 0.2) is 59.6 Å². The van der Waals surface area contributed by atoms with Crippen molar-refractivity contribution < 1.29 is 9.53 Å². The molecule has 1 aliphatic heterocycles. The number of aliphatic imine (C=N–C) groups is 1. The fourth-order valence-electron chi connectivity index (χ4n) is 2.11. The summed E-state index contributed by atoms with van der Waals surface area (Å²) in [6.07, 6.45) is 0.545.